The molecule has 1 atom stereocenters. The van der Waals surface area contributed by atoms with E-state index < -0.39 is 0 Å². The zero-order chi connectivity index (χ0) is 23.1. The molecule has 1 amide bonds. The third-order valence-electron chi connectivity index (χ3n) is 6.51. The molecule has 0 bridgehead atoms. The monoisotopic (exact) mass is 447 g/mol. The standard InChI is InChI=1S/C25H29N5O3/c1-28-23-19(12-17(14-22(23)33-2)25(32)29-9-5-7-18(26)15-29)27-24(28)21-13-16-6-3-4-8-20(16)30(21)10-11-31/h3-4,6,8,12-14,18,31H,5,7,9-11,15,26H2,1-2H3/t18-/m1/s1. The largest absolute Gasteiger partial charge is 0.494 e. The third kappa shape index (κ3) is 3.65. The summed E-state index contributed by atoms with van der Waals surface area (Å²) in [4.78, 5) is 20.0. The highest BCUT2D eigenvalue weighted by Gasteiger charge is 2.25. The van der Waals surface area contributed by atoms with Gasteiger partial charge < -0.3 is 29.6 Å². The van der Waals surface area contributed by atoms with Gasteiger partial charge in [-0.05, 0) is 37.1 Å². The number of likely N-dealkylation sites (tertiary alicyclic amines) is 1. The zero-order valence-corrected chi connectivity index (χ0v) is 19.0. The number of aliphatic hydroxyl groups is 1. The van der Waals surface area contributed by atoms with E-state index in [2.05, 4.69) is 16.7 Å². The maximum Gasteiger partial charge on any atom is 0.254 e. The van der Waals surface area contributed by atoms with E-state index in [1.54, 1.807) is 13.2 Å². The summed E-state index contributed by atoms with van der Waals surface area (Å²) in [5.74, 6) is 1.30. The number of imidazole rings is 1. The number of hydrogen-bond donors (Lipinski definition) is 2. The van der Waals surface area contributed by atoms with Crippen LogP contribution in [0.3, 0.4) is 0 Å². The van der Waals surface area contributed by atoms with Gasteiger partial charge >= 0.3 is 0 Å². The minimum Gasteiger partial charge on any atom is -0.494 e. The maximum absolute atomic E-state index is 13.2. The summed E-state index contributed by atoms with van der Waals surface area (Å²) in [6, 6.07) is 13.8. The number of nitrogens with two attached hydrogens (primary N) is 1. The second kappa shape index (κ2) is 8.53. The maximum atomic E-state index is 13.2. The third-order valence-corrected chi connectivity index (χ3v) is 6.51. The first-order valence-corrected chi connectivity index (χ1v) is 11.3. The molecule has 0 aliphatic carbocycles. The molecular weight excluding hydrogens is 418 g/mol. The van der Waals surface area contributed by atoms with Crippen molar-refractivity contribution in [1.82, 2.24) is 19.0 Å². The summed E-state index contributed by atoms with van der Waals surface area (Å²) < 4.78 is 9.75. The van der Waals surface area contributed by atoms with E-state index in [9.17, 15) is 9.90 Å². The van der Waals surface area contributed by atoms with Gasteiger partial charge in [0, 0.05) is 49.2 Å². The molecule has 0 unspecified atom stereocenters. The molecule has 33 heavy (non-hydrogen) atoms. The number of para-hydroxylation sites is 1. The lowest BCUT2D eigenvalue weighted by Gasteiger charge is -2.30. The van der Waals surface area contributed by atoms with Crippen LogP contribution in [0.4, 0.5) is 0 Å². The Balaban J connectivity index is 1.64. The number of aliphatic hydroxyl groups excluding tert-OH is 1. The van der Waals surface area contributed by atoms with Crippen molar-refractivity contribution in [3.8, 4) is 17.3 Å². The Morgan fingerprint density at radius 2 is 2.09 bits per heavy atom. The van der Waals surface area contributed by atoms with Crippen molar-refractivity contribution in [2.75, 3.05) is 26.8 Å². The van der Waals surface area contributed by atoms with Crippen LogP contribution in [0, 0.1) is 0 Å². The lowest BCUT2D eigenvalue weighted by molar-refractivity contribution is 0.0708. The smallest absolute Gasteiger partial charge is 0.254 e. The van der Waals surface area contributed by atoms with Crippen LogP contribution in [-0.2, 0) is 13.6 Å². The van der Waals surface area contributed by atoms with Gasteiger partial charge in [0.15, 0.2) is 5.82 Å². The fourth-order valence-electron chi connectivity index (χ4n) is 4.93. The second-order valence-electron chi connectivity index (χ2n) is 8.66. The number of hydrogen-bond acceptors (Lipinski definition) is 5. The lowest BCUT2D eigenvalue weighted by atomic mass is 10.0. The van der Waals surface area contributed by atoms with Crippen molar-refractivity contribution in [3.63, 3.8) is 0 Å². The van der Waals surface area contributed by atoms with Crippen molar-refractivity contribution >= 4 is 27.8 Å². The number of carbonyl (C=O) groups is 1. The van der Waals surface area contributed by atoms with Crippen molar-refractivity contribution in [1.29, 1.82) is 0 Å². The SMILES string of the molecule is COc1cc(C(=O)N2CCC[C@@H](N)C2)cc2nc(-c3cc4ccccc4n3CCO)n(C)c12. The van der Waals surface area contributed by atoms with E-state index in [-0.39, 0.29) is 18.6 Å². The molecule has 1 aliphatic rings. The van der Waals surface area contributed by atoms with Crippen LogP contribution in [0.1, 0.15) is 23.2 Å². The van der Waals surface area contributed by atoms with Crippen LogP contribution in [0.15, 0.2) is 42.5 Å². The number of amides is 1. The van der Waals surface area contributed by atoms with E-state index in [0.29, 0.717) is 36.5 Å². The molecule has 0 spiro atoms. The quantitative estimate of drug-likeness (QED) is 0.490. The number of carbonyl (C=O) groups excluding carboxylic acids is 1. The van der Waals surface area contributed by atoms with Gasteiger partial charge in [-0.1, -0.05) is 18.2 Å². The summed E-state index contributed by atoms with van der Waals surface area (Å²) in [7, 11) is 3.55. The van der Waals surface area contributed by atoms with Crippen molar-refractivity contribution in [3.05, 3.63) is 48.0 Å². The number of rotatable bonds is 5. The van der Waals surface area contributed by atoms with Gasteiger partial charge in [-0.3, -0.25) is 4.79 Å². The number of aromatic nitrogens is 3. The summed E-state index contributed by atoms with van der Waals surface area (Å²) in [5.41, 5.74) is 10.1. The van der Waals surface area contributed by atoms with Crippen LogP contribution in [0.2, 0.25) is 0 Å². The highest BCUT2D eigenvalue weighted by molar-refractivity contribution is 6.00. The minimum absolute atomic E-state index is 0.0169. The van der Waals surface area contributed by atoms with Gasteiger partial charge in [0.25, 0.3) is 5.91 Å². The van der Waals surface area contributed by atoms with Crippen molar-refractivity contribution in [2.45, 2.75) is 25.4 Å². The van der Waals surface area contributed by atoms with E-state index in [4.69, 9.17) is 15.5 Å². The van der Waals surface area contributed by atoms with Gasteiger partial charge in [0.2, 0.25) is 0 Å². The molecule has 2 aromatic carbocycles. The minimum atomic E-state index is -0.0491. The van der Waals surface area contributed by atoms with Crippen LogP contribution < -0.4 is 10.5 Å². The number of benzene rings is 2. The number of methoxy groups -OCH3 is 1. The summed E-state index contributed by atoms with van der Waals surface area (Å²) in [6.45, 7) is 1.76. The molecule has 8 nitrogen and oxygen atoms in total. The number of aryl methyl sites for hydroxylation is 1. The van der Waals surface area contributed by atoms with Gasteiger partial charge in [-0.2, -0.15) is 0 Å². The highest BCUT2D eigenvalue weighted by Crippen LogP contribution is 2.34. The molecule has 1 fully saturated rings. The topological polar surface area (TPSA) is 98.5 Å². The fraction of sp³-hybridized carbons (Fsp3) is 0.360. The molecule has 3 heterocycles. The lowest BCUT2D eigenvalue weighted by Crippen LogP contribution is -2.45. The van der Waals surface area contributed by atoms with Crippen molar-refractivity contribution in [2.24, 2.45) is 12.8 Å². The Hall–Kier alpha value is -3.36. The number of piperidine rings is 1. The first-order valence-electron chi connectivity index (χ1n) is 11.3. The van der Waals surface area contributed by atoms with Gasteiger partial charge in [-0.25, -0.2) is 4.98 Å². The fourth-order valence-corrected chi connectivity index (χ4v) is 4.93. The Bertz CT molecular complexity index is 1340. The van der Waals surface area contributed by atoms with Crippen molar-refractivity contribution < 1.29 is 14.6 Å². The molecule has 5 rings (SSSR count). The van der Waals surface area contributed by atoms with Crippen LogP contribution >= 0.6 is 0 Å². The number of nitrogens with zero attached hydrogens (tertiary/aromatic N) is 4. The molecule has 0 saturated carbocycles. The molecule has 2 aromatic heterocycles. The number of fused-ring (bicyclic) bond motifs is 2. The molecule has 172 valence electrons. The first kappa shape index (κ1) is 21.5. The molecule has 3 N–H and O–H groups in total. The Morgan fingerprint density at radius 3 is 2.85 bits per heavy atom. The molecule has 1 saturated heterocycles. The summed E-state index contributed by atoms with van der Waals surface area (Å²) >= 11 is 0. The molecular formula is C25H29N5O3. The first-order chi connectivity index (χ1) is 16.0. The van der Waals surface area contributed by atoms with Gasteiger partial charge in [-0.15, -0.1) is 0 Å². The van der Waals surface area contributed by atoms with E-state index in [1.807, 2.05) is 40.8 Å². The average Bonchev–Trinajstić information content (AvgIpc) is 3.36. The van der Waals surface area contributed by atoms with E-state index in [1.165, 1.54) is 0 Å². The predicted molar refractivity (Wildman–Crippen MR) is 128 cm³/mol. The van der Waals surface area contributed by atoms with E-state index in [0.717, 1.165) is 40.8 Å². The zero-order valence-electron chi connectivity index (χ0n) is 19.0. The van der Waals surface area contributed by atoms with Crippen LogP contribution in [-0.4, -0.2) is 62.9 Å². The molecule has 0 radical (unpaired) electrons. The average molecular weight is 448 g/mol. The van der Waals surface area contributed by atoms with Crippen LogP contribution in [0.25, 0.3) is 33.5 Å². The van der Waals surface area contributed by atoms with Gasteiger partial charge in [0.1, 0.15) is 11.3 Å². The molecule has 4 aromatic rings. The second-order valence-corrected chi connectivity index (χ2v) is 8.66. The molecule has 1 aliphatic heterocycles. The Labute approximate surface area is 192 Å². The predicted octanol–water partition coefficient (Wildman–Crippen LogP) is 2.76. The van der Waals surface area contributed by atoms with Crippen LogP contribution in [0.5, 0.6) is 5.75 Å². The number of ether oxygens (including phenoxy) is 1. The normalized spacial score (nSPS) is 16.6. The highest BCUT2D eigenvalue weighted by atomic mass is 16.5. The Kier molecular flexibility index (Phi) is 5.55. The van der Waals surface area contributed by atoms with E-state index >= 15 is 0 Å². The summed E-state index contributed by atoms with van der Waals surface area (Å²) in [5, 5.41) is 10.8. The Morgan fingerprint density at radius 1 is 1.27 bits per heavy atom. The summed E-state index contributed by atoms with van der Waals surface area (Å²) in [6.07, 6.45) is 1.85. The molecule has 8 heteroatoms. The van der Waals surface area contributed by atoms with Gasteiger partial charge in [0.05, 0.1) is 24.9 Å².